The number of hydrogen-bond acceptors (Lipinski definition) is 6. The SMILES string of the molecule is O=S(=O)(Nc1ccc(-c2ccc3nnc(-c4cccs4)n3n2)cc1)c1ccc(I)cc1. The quantitative estimate of drug-likeness (QED) is 0.309. The minimum Gasteiger partial charge on any atom is -0.280 e. The topological polar surface area (TPSA) is 89.2 Å². The molecular weight excluding hydrogens is 545 g/mol. The molecule has 154 valence electrons. The first kappa shape index (κ1) is 20.1. The first-order chi connectivity index (χ1) is 15.0. The second-order valence-electron chi connectivity index (χ2n) is 6.63. The van der Waals surface area contributed by atoms with E-state index in [0.717, 1.165) is 19.7 Å². The van der Waals surface area contributed by atoms with E-state index in [1.165, 1.54) is 0 Å². The number of halogens is 1. The molecule has 5 rings (SSSR count). The van der Waals surface area contributed by atoms with E-state index in [4.69, 9.17) is 0 Å². The fraction of sp³-hybridized carbons (Fsp3) is 0. The lowest BCUT2D eigenvalue weighted by atomic mass is 10.1. The van der Waals surface area contributed by atoms with Gasteiger partial charge in [-0.3, -0.25) is 4.72 Å². The van der Waals surface area contributed by atoms with Gasteiger partial charge in [-0.2, -0.15) is 9.61 Å². The number of thiophene rings is 1. The highest BCUT2D eigenvalue weighted by molar-refractivity contribution is 14.1. The third kappa shape index (κ3) is 4.05. The van der Waals surface area contributed by atoms with Crippen molar-refractivity contribution < 1.29 is 8.42 Å². The van der Waals surface area contributed by atoms with Crippen LogP contribution < -0.4 is 4.72 Å². The molecule has 0 spiro atoms. The molecule has 0 radical (unpaired) electrons. The number of hydrogen-bond donors (Lipinski definition) is 1. The fourth-order valence-corrected chi connectivity index (χ4v) is 5.15. The van der Waals surface area contributed by atoms with Crippen LogP contribution >= 0.6 is 33.9 Å². The molecule has 0 saturated heterocycles. The van der Waals surface area contributed by atoms with Gasteiger partial charge in [-0.25, -0.2) is 8.42 Å². The summed E-state index contributed by atoms with van der Waals surface area (Å²) in [5.41, 5.74) is 2.73. The molecule has 3 heterocycles. The van der Waals surface area contributed by atoms with Gasteiger partial charge in [0.25, 0.3) is 10.0 Å². The molecule has 10 heteroatoms. The van der Waals surface area contributed by atoms with Gasteiger partial charge in [0, 0.05) is 14.8 Å². The van der Waals surface area contributed by atoms with E-state index in [0.29, 0.717) is 17.2 Å². The Bertz CT molecular complexity index is 1460. The summed E-state index contributed by atoms with van der Waals surface area (Å²) < 4.78 is 30.5. The summed E-state index contributed by atoms with van der Waals surface area (Å²) in [7, 11) is -3.65. The van der Waals surface area contributed by atoms with E-state index in [1.54, 1.807) is 52.3 Å². The molecule has 3 aromatic heterocycles. The number of rotatable bonds is 5. The van der Waals surface area contributed by atoms with Crippen LogP contribution in [0.2, 0.25) is 0 Å². The van der Waals surface area contributed by atoms with Crippen LogP contribution in [0.25, 0.3) is 27.6 Å². The number of nitrogens with zero attached hydrogens (tertiary/aromatic N) is 4. The summed E-state index contributed by atoms with van der Waals surface area (Å²) in [4.78, 5) is 1.20. The summed E-state index contributed by atoms with van der Waals surface area (Å²) >= 11 is 3.71. The van der Waals surface area contributed by atoms with E-state index in [1.807, 2.05) is 41.8 Å². The number of sulfonamides is 1. The molecule has 1 N–H and O–H groups in total. The van der Waals surface area contributed by atoms with E-state index >= 15 is 0 Å². The van der Waals surface area contributed by atoms with Crippen LogP contribution in [0.3, 0.4) is 0 Å². The Hall–Kier alpha value is -2.83. The summed E-state index contributed by atoms with van der Waals surface area (Å²) in [5.74, 6) is 0.689. The standard InChI is InChI=1S/C21H14IN5O2S2/c22-15-5-9-17(10-6-15)31(28,29)26-16-7-3-14(4-8-16)18-11-12-20-23-24-21(27(20)25-18)19-2-1-13-30-19/h1-13,26H. The predicted octanol–water partition coefficient (Wildman–Crippen LogP) is 4.93. The largest absolute Gasteiger partial charge is 0.280 e. The van der Waals surface area contributed by atoms with Crippen molar-refractivity contribution in [1.82, 2.24) is 19.8 Å². The number of anilines is 1. The van der Waals surface area contributed by atoms with Crippen molar-refractivity contribution in [3.8, 4) is 22.0 Å². The monoisotopic (exact) mass is 559 g/mol. The third-order valence-electron chi connectivity index (χ3n) is 4.56. The minimum absolute atomic E-state index is 0.220. The lowest BCUT2D eigenvalue weighted by Gasteiger charge is -2.09. The van der Waals surface area contributed by atoms with Crippen molar-refractivity contribution in [3.05, 3.63) is 81.7 Å². The van der Waals surface area contributed by atoms with Crippen LogP contribution in [0.15, 0.2) is 83.1 Å². The molecule has 7 nitrogen and oxygen atoms in total. The number of nitrogens with one attached hydrogen (secondary N) is 1. The normalized spacial score (nSPS) is 11.6. The van der Waals surface area contributed by atoms with Gasteiger partial charge in [0.15, 0.2) is 11.5 Å². The van der Waals surface area contributed by atoms with Crippen molar-refractivity contribution in [2.75, 3.05) is 4.72 Å². The molecule has 0 fully saturated rings. The zero-order valence-corrected chi connectivity index (χ0v) is 19.6. The predicted molar refractivity (Wildman–Crippen MR) is 129 cm³/mol. The molecule has 0 saturated carbocycles. The van der Waals surface area contributed by atoms with Crippen molar-refractivity contribution in [1.29, 1.82) is 0 Å². The Morgan fingerprint density at radius 2 is 1.68 bits per heavy atom. The highest BCUT2D eigenvalue weighted by Gasteiger charge is 2.15. The summed E-state index contributed by atoms with van der Waals surface area (Å²) in [5, 5.41) is 15.1. The van der Waals surface area contributed by atoms with Gasteiger partial charge in [0.1, 0.15) is 0 Å². The Morgan fingerprint density at radius 1 is 0.903 bits per heavy atom. The minimum atomic E-state index is -3.65. The number of benzene rings is 2. The maximum atomic E-state index is 12.6. The van der Waals surface area contributed by atoms with Crippen molar-refractivity contribution in [2.24, 2.45) is 0 Å². The zero-order chi connectivity index (χ0) is 21.4. The summed E-state index contributed by atoms with van der Waals surface area (Å²) in [6.45, 7) is 0. The van der Waals surface area contributed by atoms with Crippen LogP contribution in [0.4, 0.5) is 5.69 Å². The highest BCUT2D eigenvalue weighted by atomic mass is 127. The van der Waals surface area contributed by atoms with E-state index in [9.17, 15) is 8.42 Å². The molecule has 2 aromatic carbocycles. The Kier molecular flexibility index (Phi) is 5.20. The third-order valence-corrected chi connectivity index (χ3v) is 7.54. The molecule has 31 heavy (non-hydrogen) atoms. The Morgan fingerprint density at radius 3 is 2.39 bits per heavy atom. The lowest BCUT2D eigenvalue weighted by Crippen LogP contribution is -2.12. The first-order valence-corrected chi connectivity index (χ1v) is 12.6. The van der Waals surface area contributed by atoms with Gasteiger partial charge in [0.2, 0.25) is 0 Å². The van der Waals surface area contributed by atoms with E-state index in [2.05, 4.69) is 42.6 Å². The molecule has 0 aliphatic carbocycles. The molecule has 5 aromatic rings. The summed E-state index contributed by atoms with van der Waals surface area (Å²) in [6.07, 6.45) is 0. The van der Waals surface area contributed by atoms with Gasteiger partial charge in [-0.1, -0.05) is 18.2 Å². The van der Waals surface area contributed by atoms with Gasteiger partial charge in [-0.05, 0) is 82.6 Å². The smallest absolute Gasteiger partial charge is 0.261 e. The van der Waals surface area contributed by atoms with Crippen LogP contribution in [0, 0.1) is 3.57 Å². The van der Waals surface area contributed by atoms with Crippen molar-refractivity contribution in [2.45, 2.75) is 4.90 Å². The Balaban J connectivity index is 1.43. The van der Waals surface area contributed by atoms with Crippen molar-refractivity contribution in [3.63, 3.8) is 0 Å². The first-order valence-electron chi connectivity index (χ1n) is 9.15. The average Bonchev–Trinajstić information content (AvgIpc) is 3.43. The van der Waals surface area contributed by atoms with Gasteiger partial charge < -0.3 is 0 Å². The maximum absolute atomic E-state index is 12.6. The van der Waals surface area contributed by atoms with Crippen molar-refractivity contribution >= 4 is 55.3 Å². The molecule has 0 unspecified atom stereocenters. The van der Waals surface area contributed by atoms with Crippen LogP contribution in [-0.4, -0.2) is 28.2 Å². The molecule has 0 amide bonds. The number of fused-ring (bicyclic) bond motifs is 1. The average molecular weight is 559 g/mol. The van der Waals surface area contributed by atoms with Gasteiger partial charge in [0.05, 0.1) is 15.5 Å². The van der Waals surface area contributed by atoms with Crippen LogP contribution in [-0.2, 0) is 10.0 Å². The molecule has 0 aliphatic heterocycles. The number of aromatic nitrogens is 4. The Labute approximate surface area is 196 Å². The maximum Gasteiger partial charge on any atom is 0.261 e. The molecular formula is C21H14IN5O2S2. The molecule has 0 bridgehead atoms. The molecule has 0 atom stereocenters. The summed E-state index contributed by atoms with van der Waals surface area (Å²) in [6, 6.07) is 21.5. The second-order valence-corrected chi connectivity index (χ2v) is 10.5. The van der Waals surface area contributed by atoms with Crippen LogP contribution in [0.5, 0.6) is 0 Å². The second kappa shape index (κ2) is 8.02. The lowest BCUT2D eigenvalue weighted by molar-refractivity contribution is 0.601. The fourth-order valence-electron chi connectivity index (χ4n) is 3.04. The van der Waals surface area contributed by atoms with E-state index in [-0.39, 0.29) is 4.90 Å². The van der Waals surface area contributed by atoms with Gasteiger partial charge in [-0.15, -0.1) is 21.5 Å². The zero-order valence-electron chi connectivity index (χ0n) is 15.8. The van der Waals surface area contributed by atoms with Gasteiger partial charge >= 0.3 is 0 Å². The highest BCUT2D eigenvalue weighted by Crippen LogP contribution is 2.25. The molecule has 0 aliphatic rings. The van der Waals surface area contributed by atoms with E-state index < -0.39 is 10.0 Å². The van der Waals surface area contributed by atoms with Crippen LogP contribution in [0.1, 0.15) is 0 Å².